The van der Waals surface area contributed by atoms with E-state index in [9.17, 15) is 4.79 Å². The van der Waals surface area contributed by atoms with Gasteiger partial charge in [0.1, 0.15) is 0 Å². The summed E-state index contributed by atoms with van der Waals surface area (Å²) in [5.41, 5.74) is 5.02. The Balaban J connectivity index is 3.50. The maximum atomic E-state index is 10.4. The van der Waals surface area contributed by atoms with Crippen molar-refractivity contribution in [1.29, 1.82) is 0 Å². The Morgan fingerprint density at radius 1 is 1.44 bits per heavy atom. The SMILES string of the molecule is CC(C)SC(C)C(N)=O. The zero-order valence-electron chi connectivity index (χ0n) is 6.05. The standard InChI is InChI=1S/C6H13NOS/c1-4(2)9-5(3)6(7)8/h4-5H,1-3H3,(H2,7,8). The molecular weight excluding hydrogens is 134 g/mol. The van der Waals surface area contributed by atoms with E-state index in [1.54, 1.807) is 11.8 Å². The van der Waals surface area contributed by atoms with Crippen molar-refractivity contribution < 1.29 is 4.79 Å². The number of hydrogen-bond acceptors (Lipinski definition) is 2. The van der Waals surface area contributed by atoms with Crippen LogP contribution in [0.15, 0.2) is 0 Å². The van der Waals surface area contributed by atoms with Crippen molar-refractivity contribution in [1.82, 2.24) is 0 Å². The van der Waals surface area contributed by atoms with E-state index in [-0.39, 0.29) is 11.2 Å². The third kappa shape index (κ3) is 4.33. The zero-order chi connectivity index (χ0) is 7.44. The third-order valence-corrected chi connectivity index (χ3v) is 2.06. The molecule has 0 aromatic rings. The zero-order valence-corrected chi connectivity index (χ0v) is 6.87. The quantitative estimate of drug-likeness (QED) is 0.647. The lowest BCUT2D eigenvalue weighted by Gasteiger charge is -2.08. The minimum Gasteiger partial charge on any atom is -0.369 e. The molecule has 1 amide bonds. The maximum Gasteiger partial charge on any atom is 0.230 e. The Kier molecular flexibility index (Phi) is 3.70. The predicted octanol–water partition coefficient (Wildman–Crippen LogP) is 1.00. The van der Waals surface area contributed by atoms with Gasteiger partial charge in [-0.25, -0.2) is 0 Å². The highest BCUT2D eigenvalue weighted by Crippen LogP contribution is 2.15. The molecule has 0 aromatic heterocycles. The molecule has 1 atom stereocenters. The molecule has 54 valence electrons. The second kappa shape index (κ2) is 3.77. The number of thioether (sulfide) groups is 1. The molecule has 0 bridgehead atoms. The predicted molar refractivity (Wildman–Crippen MR) is 41.4 cm³/mol. The maximum absolute atomic E-state index is 10.4. The van der Waals surface area contributed by atoms with Gasteiger partial charge < -0.3 is 5.73 Å². The first-order valence-corrected chi connectivity index (χ1v) is 3.93. The average Bonchev–Trinajstić information content (AvgIpc) is 1.63. The molecule has 2 N–H and O–H groups in total. The van der Waals surface area contributed by atoms with Gasteiger partial charge in [0.05, 0.1) is 5.25 Å². The molecule has 1 unspecified atom stereocenters. The molecule has 0 aliphatic heterocycles. The monoisotopic (exact) mass is 147 g/mol. The molecule has 0 fully saturated rings. The minimum atomic E-state index is -0.228. The van der Waals surface area contributed by atoms with E-state index in [0.29, 0.717) is 5.25 Å². The second-order valence-corrected chi connectivity index (χ2v) is 4.15. The molecule has 0 heterocycles. The van der Waals surface area contributed by atoms with Crippen molar-refractivity contribution in [3.05, 3.63) is 0 Å². The van der Waals surface area contributed by atoms with Crippen LogP contribution in [0.3, 0.4) is 0 Å². The van der Waals surface area contributed by atoms with Crippen LogP contribution in [0.4, 0.5) is 0 Å². The second-order valence-electron chi connectivity index (χ2n) is 2.23. The number of rotatable bonds is 3. The highest BCUT2D eigenvalue weighted by Gasteiger charge is 2.09. The van der Waals surface area contributed by atoms with Crippen molar-refractivity contribution in [2.45, 2.75) is 31.3 Å². The summed E-state index contributed by atoms with van der Waals surface area (Å²) in [6.45, 7) is 5.92. The van der Waals surface area contributed by atoms with Gasteiger partial charge in [0.15, 0.2) is 0 Å². The summed E-state index contributed by atoms with van der Waals surface area (Å²) in [6.07, 6.45) is 0. The molecule has 9 heavy (non-hydrogen) atoms. The van der Waals surface area contributed by atoms with Gasteiger partial charge in [-0.1, -0.05) is 13.8 Å². The minimum absolute atomic E-state index is 0.0509. The van der Waals surface area contributed by atoms with Crippen LogP contribution in [0.25, 0.3) is 0 Å². The molecule has 0 spiro atoms. The van der Waals surface area contributed by atoms with Gasteiger partial charge in [-0.3, -0.25) is 4.79 Å². The van der Waals surface area contributed by atoms with E-state index < -0.39 is 0 Å². The van der Waals surface area contributed by atoms with Crippen molar-refractivity contribution in [3.63, 3.8) is 0 Å². The smallest absolute Gasteiger partial charge is 0.230 e. The van der Waals surface area contributed by atoms with Crippen LogP contribution in [0, 0.1) is 0 Å². The highest BCUT2D eigenvalue weighted by atomic mass is 32.2. The summed E-state index contributed by atoms with van der Waals surface area (Å²) in [5.74, 6) is -0.228. The molecule has 0 radical (unpaired) electrons. The van der Waals surface area contributed by atoms with Gasteiger partial charge >= 0.3 is 0 Å². The Morgan fingerprint density at radius 2 is 1.89 bits per heavy atom. The lowest BCUT2D eigenvalue weighted by Crippen LogP contribution is -2.23. The van der Waals surface area contributed by atoms with Crippen molar-refractivity contribution >= 4 is 17.7 Å². The molecule has 0 aromatic carbocycles. The fourth-order valence-electron chi connectivity index (χ4n) is 0.475. The van der Waals surface area contributed by atoms with Crippen molar-refractivity contribution in [2.24, 2.45) is 5.73 Å². The molecule has 0 saturated heterocycles. The van der Waals surface area contributed by atoms with Crippen LogP contribution in [-0.2, 0) is 4.79 Å². The molecule has 0 aliphatic rings. The number of carbonyl (C=O) groups is 1. The van der Waals surface area contributed by atoms with Gasteiger partial charge in [-0.2, -0.15) is 0 Å². The number of amides is 1. The van der Waals surface area contributed by atoms with Gasteiger partial charge in [0, 0.05) is 0 Å². The Labute approximate surface area is 60.2 Å². The van der Waals surface area contributed by atoms with Crippen LogP contribution < -0.4 is 5.73 Å². The van der Waals surface area contributed by atoms with Gasteiger partial charge in [0.2, 0.25) is 5.91 Å². The van der Waals surface area contributed by atoms with Gasteiger partial charge in [-0.15, -0.1) is 11.8 Å². The largest absolute Gasteiger partial charge is 0.369 e. The van der Waals surface area contributed by atoms with Crippen molar-refractivity contribution in [2.75, 3.05) is 0 Å². The van der Waals surface area contributed by atoms with Gasteiger partial charge in [0.25, 0.3) is 0 Å². The summed E-state index contributed by atoms with van der Waals surface area (Å²) < 4.78 is 0. The van der Waals surface area contributed by atoms with E-state index in [1.807, 2.05) is 20.8 Å². The van der Waals surface area contributed by atoms with E-state index in [0.717, 1.165) is 0 Å². The molecule has 3 heteroatoms. The first-order chi connectivity index (χ1) is 4.04. The molecular formula is C6H13NOS. The highest BCUT2D eigenvalue weighted by molar-refractivity contribution is 8.01. The van der Waals surface area contributed by atoms with E-state index in [1.165, 1.54) is 0 Å². The van der Waals surface area contributed by atoms with Crippen molar-refractivity contribution in [3.8, 4) is 0 Å². The lowest BCUT2D eigenvalue weighted by molar-refractivity contribution is -0.117. The fourth-order valence-corrected chi connectivity index (χ4v) is 1.43. The number of nitrogens with two attached hydrogens (primary N) is 1. The molecule has 0 aliphatic carbocycles. The summed E-state index contributed by atoms with van der Waals surface area (Å²) >= 11 is 1.59. The van der Waals surface area contributed by atoms with Crippen LogP contribution in [0.2, 0.25) is 0 Å². The number of primary amides is 1. The Bertz CT molecular complexity index is 103. The topological polar surface area (TPSA) is 43.1 Å². The summed E-state index contributed by atoms with van der Waals surface area (Å²) in [5, 5.41) is 0.428. The average molecular weight is 147 g/mol. The summed E-state index contributed by atoms with van der Waals surface area (Å²) in [6, 6.07) is 0. The van der Waals surface area contributed by atoms with E-state index in [2.05, 4.69) is 0 Å². The number of carbonyl (C=O) groups excluding carboxylic acids is 1. The first kappa shape index (κ1) is 8.82. The van der Waals surface area contributed by atoms with Crippen LogP contribution in [0.5, 0.6) is 0 Å². The van der Waals surface area contributed by atoms with Crippen LogP contribution >= 0.6 is 11.8 Å². The van der Waals surface area contributed by atoms with Crippen LogP contribution in [0.1, 0.15) is 20.8 Å². The Morgan fingerprint density at radius 3 is 2.00 bits per heavy atom. The molecule has 0 saturated carbocycles. The normalized spacial score (nSPS) is 13.8. The van der Waals surface area contributed by atoms with Crippen LogP contribution in [-0.4, -0.2) is 16.4 Å². The summed E-state index contributed by atoms with van der Waals surface area (Å²) in [7, 11) is 0. The summed E-state index contributed by atoms with van der Waals surface area (Å²) in [4.78, 5) is 10.4. The third-order valence-electron chi connectivity index (χ3n) is 0.877. The van der Waals surface area contributed by atoms with E-state index in [4.69, 9.17) is 5.73 Å². The molecule has 2 nitrogen and oxygen atoms in total. The molecule has 0 rings (SSSR count). The lowest BCUT2D eigenvalue weighted by atomic mass is 10.5. The Hall–Kier alpha value is -0.180. The fraction of sp³-hybridized carbons (Fsp3) is 0.833. The number of hydrogen-bond donors (Lipinski definition) is 1. The van der Waals surface area contributed by atoms with E-state index >= 15 is 0 Å². The van der Waals surface area contributed by atoms with Gasteiger partial charge in [-0.05, 0) is 12.2 Å². The first-order valence-electron chi connectivity index (χ1n) is 2.98.